The van der Waals surface area contributed by atoms with Crippen molar-refractivity contribution in [3.8, 4) is 17.2 Å². The number of fused-ring (bicyclic) bond motifs is 1. The molecule has 2 aromatic carbocycles. The highest BCUT2D eigenvalue weighted by molar-refractivity contribution is 6.16. The lowest BCUT2D eigenvalue weighted by Crippen LogP contribution is -2.00. The molecule has 0 saturated heterocycles. The summed E-state index contributed by atoms with van der Waals surface area (Å²) in [6.45, 7) is 0. The number of allylic oxidation sites excluding steroid dienone is 1. The van der Waals surface area contributed by atoms with E-state index in [0.29, 0.717) is 28.4 Å². The van der Waals surface area contributed by atoms with Crippen molar-refractivity contribution in [2.24, 2.45) is 0 Å². The number of Topliss-reactive ketones (excluding diaryl/α,β-unsaturated/α-hetero) is 1. The van der Waals surface area contributed by atoms with E-state index in [1.54, 1.807) is 30.3 Å². The molecule has 0 unspecified atom stereocenters. The predicted octanol–water partition coefficient (Wildman–Crippen LogP) is 3.46. The fourth-order valence-corrected chi connectivity index (χ4v) is 2.24. The van der Waals surface area contributed by atoms with Gasteiger partial charge in [0, 0.05) is 12.1 Å². The van der Waals surface area contributed by atoms with Crippen LogP contribution in [0, 0.1) is 5.82 Å². The van der Waals surface area contributed by atoms with Crippen LogP contribution >= 0.6 is 0 Å². The smallest absolute Gasteiger partial charge is 0.235 e. The molecule has 22 heavy (non-hydrogen) atoms. The summed E-state index contributed by atoms with van der Waals surface area (Å²) in [6.07, 6.45) is 1.56. The van der Waals surface area contributed by atoms with Gasteiger partial charge in [-0.25, -0.2) is 4.39 Å². The summed E-state index contributed by atoms with van der Waals surface area (Å²) in [5.74, 6) is 0.852. The lowest BCUT2D eigenvalue weighted by molar-refractivity contribution is 0.101. The van der Waals surface area contributed by atoms with Crippen LogP contribution in [0.25, 0.3) is 6.08 Å². The number of rotatable bonds is 3. The van der Waals surface area contributed by atoms with Gasteiger partial charge in [-0.3, -0.25) is 4.79 Å². The monoisotopic (exact) mass is 300 g/mol. The Morgan fingerprint density at radius 3 is 2.45 bits per heavy atom. The second kappa shape index (κ2) is 5.52. The number of hydrogen-bond acceptors (Lipinski definition) is 4. The molecule has 0 saturated carbocycles. The first-order valence-electron chi connectivity index (χ1n) is 6.58. The van der Waals surface area contributed by atoms with Crippen LogP contribution in [0.5, 0.6) is 17.2 Å². The fraction of sp³-hybridized carbons (Fsp3) is 0.118. The summed E-state index contributed by atoms with van der Waals surface area (Å²) >= 11 is 0. The van der Waals surface area contributed by atoms with E-state index in [-0.39, 0.29) is 17.4 Å². The van der Waals surface area contributed by atoms with E-state index < -0.39 is 0 Å². The Morgan fingerprint density at radius 1 is 1.09 bits per heavy atom. The van der Waals surface area contributed by atoms with Crippen molar-refractivity contribution in [3.63, 3.8) is 0 Å². The minimum atomic E-state index is -0.337. The number of carbonyl (C=O) groups excluding carboxylic acids is 1. The van der Waals surface area contributed by atoms with Crippen LogP contribution in [0.2, 0.25) is 0 Å². The van der Waals surface area contributed by atoms with Gasteiger partial charge in [-0.05, 0) is 23.8 Å². The van der Waals surface area contributed by atoms with E-state index in [9.17, 15) is 9.18 Å². The quantitative estimate of drug-likeness (QED) is 0.814. The second-order valence-corrected chi connectivity index (χ2v) is 4.69. The van der Waals surface area contributed by atoms with Gasteiger partial charge >= 0.3 is 0 Å². The molecule has 0 radical (unpaired) electrons. The van der Waals surface area contributed by atoms with Gasteiger partial charge in [0.25, 0.3) is 0 Å². The predicted molar refractivity (Wildman–Crippen MR) is 78.9 cm³/mol. The topological polar surface area (TPSA) is 44.8 Å². The van der Waals surface area contributed by atoms with Gasteiger partial charge in [0.2, 0.25) is 5.78 Å². The van der Waals surface area contributed by atoms with Crippen LogP contribution in [0.3, 0.4) is 0 Å². The lowest BCUT2D eigenvalue weighted by atomic mass is 10.1. The molecule has 5 heteroatoms. The average molecular weight is 300 g/mol. The lowest BCUT2D eigenvalue weighted by Gasteiger charge is -2.07. The van der Waals surface area contributed by atoms with E-state index in [4.69, 9.17) is 14.2 Å². The highest BCUT2D eigenvalue weighted by Crippen LogP contribution is 2.41. The first-order chi connectivity index (χ1) is 10.6. The first-order valence-corrected chi connectivity index (χ1v) is 6.58. The van der Waals surface area contributed by atoms with Crippen molar-refractivity contribution in [2.75, 3.05) is 14.2 Å². The van der Waals surface area contributed by atoms with Gasteiger partial charge < -0.3 is 14.2 Å². The third-order valence-corrected chi connectivity index (χ3v) is 3.33. The maximum Gasteiger partial charge on any atom is 0.235 e. The molecule has 0 amide bonds. The largest absolute Gasteiger partial charge is 0.496 e. The third kappa shape index (κ3) is 2.41. The Hall–Kier alpha value is -2.82. The highest BCUT2D eigenvalue weighted by atomic mass is 19.1. The van der Waals surface area contributed by atoms with Gasteiger partial charge in [-0.2, -0.15) is 0 Å². The molecular formula is C17H13FO4. The molecule has 1 aliphatic rings. The second-order valence-electron chi connectivity index (χ2n) is 4.69. The zero-order valence-electron chi connectivity index (χ0n) is 12.1. The molecule has 0 spiro atoms. The van der Waals surface area contributed by atoms with Gasteiger partial charge in [-0.15, -0.1) is 0 Å². The molecule has 0 aliphatic carbocycles. The Kier molecular flexibility index (Phi) is 3.55. The number of hydrogen-bond donors (Lipinski definition) is 0. The minimum absolute atomic E-state index is 0.160. The summed E-state index contributed by atoms with van der Waals surface area (Å²) in [7, 11) is 3.00. The molecular weight excluding hydrogens is 287 g/mol. The Bertz CT molecular complexity index is 763. The van der Waals surface area contributed by atoms with Crippen LogP contribution in [0.15, 0.2) is 42.2 Å². The van der Waals surface area contributed by atoms with Crippen molar-refractivity contribution in [2.45, 2.75) is 0 Å². The molecule has 2 aromatic rings. The normalized spacial score (nSPS) is 14.7. The number of ether oxygens (including phenoxy) is 3. The fourth-order valence-electron chi connectivity index (χ4n) is 2.24. The summed E-state index contributed by atoms with van der Waals surface area (Å²) in [5.41, 5.74) is 1.03. The van der Waals surface area contributed by atoms with Crippen molar-refractivity contribution in [3.05, 3.63) is 59.1 Å². The van der Waals surface area contributed by atoms with Crippen LogP contribution in [0.4, 0.5) is 4.39 Å². The maximum atomic E-state index is 12.9. The summed E-state index contributed by atoms with van der Waals surface area (Å²) in [4.78, 5) is 12.5. The SMILES string of the molecule is COc1cc(OC)c2c(c1)O/C(=C\c1ccc(F)cc1)C2=O. The standard InChI is InChI=1S/C17H13FO4/c1-20-12-8-13(21-2)16-14(9-12)22-15(17(16)19)7-10-3-5-11(18)6-4-10/h3-9H,1-2H3/b15-7-. The average Bonchev–Trinajstić information content (AvgIpc) is 2.85. The van der Waals surface area contributed by atoms with Crippen LogP contribution in [-0.2, 0) is 0 Å². The van der Waals surface area contributed by atoms with E-state index in [1.807, 2.05) is 0 Å². The van der Waals surface area contributed by atoms with Gasteiger partial charge in [0.15, 0.2) is 5.76 Å². The van der Waals surface area contributed by atoms with E-state index in [0.717, 1.165) is 0 Å². The van der Waals surface area contributed by atoms with Gasteiger partial charge in [0.1, 0.15) is 28.6 Å². The Labute approximate surface area is 126 Å². The third-order valence-electron chi connectivity index (χ3n) is 3.33. The minimum Gasteiger partial charge on any atom is -0.496 e. The van der Waals surface area contributed by atoms with Gasteiger partial charge in [0.05, 0.1) is 14.2 Å². The van der Waals surface area contributed by atoms with Crippen molar-refractivity contribution >= 4 is 11.9 Å². The van der Waals surface area contributed by atoms with E-state index in [1.165, 1.54) is 26.4 Å². The van der Waals surface area contributed by atoms with Crippen molar-refractivity contribution < 1.29 is 23.4 Å². The molecule has 4 nitrogen and oxygen atoms in total. The number of halogens is 1. The van der Waals surface area contributed by atoms with Crippen LogP contribution in [-0.4, -0.2) is 20.0 Å². The molecule has 0 bridgehead atoms. The van der Waals surface area contributed by atoms with Gasteiger partial charge in [-0.1, -0.05) is 12.1 Å². The molecule has 112 valence electrons. The summed E-state index contributed by atoms with van der Waals surface area (Å²) in [6, 6.07) is 9.03. The summed E-state index contributed by atoms with van der Waals surface area (Å²) in [5, 5.41) is 0. The Morgan fingerprint density at radius 2 is 1.82 bits per heavy atom. The Balaban J connectivity index is 2.02. The number of benzene rings is 2. The number of methoxy groups -OCH3 is 2. The van der Waals surface area contributed by atoms with Crippen LogP contribution in [0.1, 0.15) is 15.9 Å². The molecule has 0 N–H and O–H groups in total. The number of ketones is 1. The maximum absolute atomic E-state index is 12.9. The molecule has 0 aromatic heterocycles. The highest BCUT2D eigenvalue weighted by Gasteiger charge is 2.32. The van der Waals surface area contributed by atoms with Crippen LogP contribution < -0.4 is 14.2 Å². The van der Waals surface area contributed by atoms with Crippen molar-refractivity contribution in [1.29, 1.82) is 0 Å². The first kappa shape index (κ1) is 14.1. The summed E-state index contributed by atoms with van der Waals surface area (Å²) < 4.78 is 28.9. The van der Waals surface area contributed by atoms with E-state index in [2.05, 4.69) is 0 Å². The molecule has 1 aliphatic heterocycles. The molecule has 3 rings (SSSR count). The number of carbonyl (C=O) groups is 1. The zero-order chi connectivity index (χ0) is 15.7. The molecule has 0 atom stereocenters. The zero-order valence-corrected chi connectivity index (χ0v) is 12.1. The van der Waals surface area contributed by atoms with Crippen molar-refractivity contribution in [1.82, 2.24) is 0 Å². The van der Waals surface area contributed by atoms with E-state index >= 15 is 0 Å². The molecule has 0 fully saturated rings. The molecule has 1 heterocycles.